The van der Waals surface area contributed by atoms with Crippen molar-refractivity contribution in [3.63, 3.8) is 0 Å². The second-order valence-corrected chi connectivity index (χ2v) is 5.85. The van der Waals surface area contributed by atoms with Crippen molar-refractivity contribution in [1.29, 1.82) is 0 Å². The molecule has 0 radical (unpaired) electrons. The summed E-state index contributed by atoms with van der Waals surface area (Å²) in [4.78, 5) is 1.33. The molecule has 0 spiro atoms. The molecule has 1 aromatic carbocycles. The van der Waals surface area contributed by atoms with E-state index in [1.54, 1.807) is 11.3 Å². The Morgan fingerprint density at radius 1 is 1.22 bits per heavy atom. The van der Waals surface area contributed by atoms with E-state index >= 15 is 0 Å². The first-order valence-electron chi connectivity index (χ1n) is 6.26. The standard InChI is InChI=1S/C15H20N2S/c1-11-3-5-13(6-4-11)7-8-15(17-16)14-9-12(2)18-10-14/h3-6,9-10,15,17H,7-8,16H2,1-2H3. The van der Waals surface area contributed by atoms with Crippen LogP contribution in [0.2, 0.25) is 0 Å². The Kier molecular flexibility index (Phi) is 4.53. The molecule has 0 saturated carbocycles. The van der Waals surface area contributed by atoms with Gasteiger partial charge in [-0.15, -0.1) is 11.3 Å². The lowest BCUT2D eigenvalue weighted by molar-refractivity contribution is 0.517. The molecule has 1 heterocycles. The van der Waals surface area contributed by atoms with E-state index in [9.17, 15) is 0 Å². The minimum atomic E-state index is 0.247. The monoisotopic (exact) mass is 260 g/mol. The SMILES string of the molecule is Cc1ccc(CCC(NN)c2csc(C)c2)cc1. The Bertz CT molecular complexity index is 487. The minimum absolute atomic E-state index is 0.247. The van der Waals surface area contributed by atoms with Gasteiger partial charge in [-0.1, -0.05) is 29.8 Å². The Morgan fingerprint density at radius 3 is 2.50 bits per heavy atom. The highest BCUT2D eigenvalue weighted by molar-refractivity contribution is 7.10. The lowest BCUT2D eigenvalue weighted by Gasteiger charge is -2.14. The van der Waals surface area contributed by atoms with Crippen molar-refractivity contribution in [1.82, 2.24) is 5.43 Å². The van der Waals surface area contributed by atoms with Gasteiger partial charge in [-0.05, 0) is 49.3 Å². The molecule has 1 aromatic heterocycles. The van der Waals surface area contributed by atoms with Crippen molar-refractivity contribution in [2.75, 3.05) is 0 Å². The highest BCUT2D eigenvalue weighted by atomic mass is 32.1. The summed E-state index contributed by atoms with van der Waals surface area (Å²) in [6.45, 7) is 4.24. The van der Waals surface area contributed by atoms with Gasteiger partial charge in [0.2, 0.25) is 0 Å². The van der Waals surface area contributed by atoms with Crippen LogP contribution in [-0.4, -0.2) is 0 Å². The lowest BCUT2D eigenvalue weighted by atomic mass is 10.0. The molecule has 0 fully saturated rings. The van der Waals surface area contributed by atoms with Crippen LogP contribution in [0.1, 0.15) is 34.0 Å². The van der Waals surface area contributed by atoms with Crippen LogP contribution >= 0.6 is 11.3 Å². The quantitative estimate of drug-likeness (QED) is 0.638. The van der Waals surface area contributed by atoms with E-state index in [-0.39, 0.29) is 6.04 Å². The number of nitrogens with one attached hydrogen (secondary N) is 1. The molecule has 0 aliphatic carbocycles. The molecule has 1 atom stereocenters. The third kappa shape index (κ3) is 3.42. The van der Waals surface area contributed by atoms with Crippen molar-refractivity contribution in [2.24, 2.45) is 5.84 Å². The summed E-state index contributed by atoms with van der Waals surface area (Å²) in [6.07, 6.45) is 2.07. The molecule has 0 bridgehead atoms. The van der Waals surface area contributed by atoms with Gasteiger partial charge in [0.25, 0.3) is 0 Å². The molecule has 2 nitrogen and oxygen atoms in total. The Labute approximate surface area is 113 Å². The van der Waals surface area contributed by atoms with Gasteiger partial charge >= 0.3 is 0 Å². The zero-order valence-electron chi connectivity index (χ0n) is 10.9. The topological polar surface area (TPSA) is 38.0 Å². The largest absolute Gasteiger partial charge is 0.271 e. The van der Waals surface area contributed by atoms with Gasteiger partial charge in [0.15, 0.2) is 0 Å². The lowest BCUT2D eigenvalue weighted by Crippen LogP contribution is -2.28. The Hall–Kier alpha value is -1.16. The predicted octanol–water partition coefficient (Wildman–Crippen LogP) is 3.50. The number of hydrogen-bond acceptors (Lipinski definition) is 3. The first kappa shape index (κ1) is 13.3. The Morgan fingerprint density at radius 2 is 1.94 bits per heavy atom. The molecular formula is C15H20N2S. The molecule has 0 saturated heterocycles. The number of thiophene rings is 1. The molecule has 96 valence electrons. The molecule has 0 aliphatic heterocycles. The van der Waals surface area contributed by atoms with E-state index in [1.807, 2.05) is 0 Å². The third-order valence-electron chi connectivity index (χ3n) is 3.20. The van der Waals surface area contributed by atoms with Crippen LogP contribution in [0.5, 0.6) is 0 Å². The number of hydrazine groups is 1. The summed E-state index contributed by atoms with van der Waals surface area (Å²) in [5.41, 5.74) is 6.89. The summed E-state index contributed by atoms with van der Waals surface area (Å²) in [5, 5.41) is 2.19. The van der Waals surface area contributed by atoms with Crippen molar-refractivity contribution in [3.8, 4) is 0 Å². The van der Waals surface area contributed by atoms with E-state index in [4.69, 9.17) is 5.84 Å². The average Bonchev–Trinajstić information content (AvgIpc) is 2.79. The van der Waals surface area contributed by atoms with Gasteiger partial charge in [-0.25, -0.2) is 0 Å². The van der Waals surface area contributed by atoms with Crippen LogP contribution in [0.25, 0.3) is 0 Å². The summed E-state index contributed by atoms with van der Waals surface area (Å²) < 4.78 is 0. The zero-order chi connectivity index (χ0) is 13.0. The average molecular weight is 260 g/mol. The van der Waals surface area contributed by atoms with E-state index in [0.29, 0.717) is 0 Å². The predicted molar refractivity (Wildman–Crippen MR) is 78.6 cm³/mol. The van der Waals surface area contributed by atoms with E-state index < -0.39 is 0 Å². The fraction of sp³-hybridized carbons (Fsp3) is 0.333. The summed E-state index contributed by atoms with van der Waals surface area (Å²) in [7, 11) is 0. The molecule has 2 aromatic rings. The maximum Gasteiger partial charge on any atom is 0.0471 e. The van der Waals surface area contributed by atoms with Crippen LogP contribution in [0, 0.1) is 13.8 Å². The molecule has 0 amide bonds. The van der Waals surface area contributed by atoms with Crippen LogP contribution in [0.15, 0.2) is 35.7 Å². The maximum absolute atomic E-state index is 5.66. The van der Waals surface area contributed by atoms with Crippen molar-refractivity contribution in [2.45, 2.75) is 32.7 Å². The van der Waals surface area contributed by atoms with Crippen LogP contribution in [-0.2, 0) is 6.42 Å². The normalized spacial score (nSPS) is 12.6. The van der Waals surface area contributed by atoms with Crippen LogP contribution in [0.3, 0.4) is 0 Å². The molecule has 2 rings (SSSR count). The van der Waals surface area contributed by atoms with Gasteiger partial charge in [0, 0.05) is 10.9 Å². The smallest absolute Gasteiger partial charge is 0.0471 e. The Balaban J connectivity index is 1.97. The first-order valence-corrected chi connectivity index (χ1v) is 7.13. The van der Waals surface area contributed by atoms with E-state index in [2.05, 4.69) is 55.0 Å². The maximum atomic E-state index is 5.66. The van der Waals surface area contributed by atoms with Crippen LogP contribution < -0.4 is 11.3 Å². The summed E-state index contributed by atoms with van der Waals surface area (Å²) >= 11 is 1.78. The molecule has 18 heavy (non-hydrogen) atoms. The summed E-state index contributed by atoms with van der Waals surface area (Å²) in [5.74, 6) is 5.66. The zero-order valence-corrected chi connectivity index (χ0v) is 11.8. The number of aryl methyl sites for hydroxylation is 3. The number of benzene rings is 1. The minimum Gasteiger partial charge on any atom is -0.271 e. The fourth-order valence-electron chi connectivity index (χ4n) is 2.06. The van der Waals surface area contributed by atoms with Gasteiger partial charge in [0.1, 0.15) is 0 Å². The molecule has 0 aliphatic rings. The van der Waals surface area contributed by atoms with Crippen molar-refractivity contribution < 1.29 is 0 Å². The molecular weight excluding hydrogens is 240 g/mol. The van der Waals surface area contributed by atoms with Gasteiger partial charge in [0.05, 0.1) is 0 Å². The van der Waals surface area contributed by atoms with Gasteiger partial charge < -0.3 is 0 Å². The van der Waals surface area contributed by atoms with Crippen LogP contribution in [0.4, 0.5) is 0 Å². The second kappa shape index (κ2) is 6.14. The molecule has 1 unspecified atom stereocenters. The van der Waals surface area contributed by atoms with Crippen molar-refractivity contribution in [3.05, 3.63) is 57.3 Å². The molecule has 3 N–H and O–H groups in total. The fourth-order valence-corrected chi connectivity index (χ4v) is 2.82. The van der Waals surface area contributed by atoms with Crippen molar-refractivity contribution >= 4 is 11.3 Å². The summed E-state index contributed by atoms with van der Waals surface area (Å²) in [6, 6.07) is 11.2. The third-order valence-corrected chi connectivity index (χ3v) is 4.08. The highest BCUT2D eigenvalue weighted by Crippen LogP contribution is 2.23. The van der Waals surface area contributed by atoms with Gasteiger partial charge in [-0.2, -0.15) is 0 Å². The number of rotatable bonds is 5. The number of nitrogens with two attached hydrogens (primary N) is 1. The molecule has 3 heteroatoms. The highest BCUT2D eigenvalue weighted by Gasteiger charge is 2.11. The van der Waals surface area contributed by atoms with Gasteiger partial charge in [-0.3, -0.25) is 11.3 Å². The first-order chi connectivity index (χ1) is 8.69. The van der Waals surface area contributed by atoms with E-state index in [1.165, 1.54) is 21.6 Å². The second-order valence-electron chi connectivity index (χ2n) is 4.73. The number of hydrogen-bond donors (Lipinski definition) is 2. The van der Waals surface area contributed by atoms with E-state index in [0.717, 1.165) is 12.8 Å².